The van der Waals surface area contributed by atoms with Crippen LogP contribution in [0.5, 0.6) is 0 Å². The van der Waals surface area contributed by atoms with Gasteiger partial charge in [0, 0.05) is 42.2 Å². The Morgan fingerprint density at radius 2 is 1.02 bits per heavy atom. The largest absolute Gasteiger partial charge is 0.342 e. The summed E-state index contributed by atoms with van der Waals surface area (Å²) in [5, 5.41) is 0. The van der Waals surface area contributed by atoms with Crippen LogP contribution >= 0.6 is 43.9 Å². The maximum absolute atomic E-state index is 4.38. The lowest BCUT2D eigenvalue weighted by molar-refractivity contribution is -0.677. The van der Waals surface area contributed by atoms with Gasteiger partial charge < -0.3 is 4.90 Å². The van der Waals surface area contributed by atoms with Gasteiger partial charge >= 0.3 is 0 Å². The highest BCUT2D eigenvalue weighted by Gasteiger charge is 2.35. The smallest absolute Gasteiger partial charge is 0.149 e. The van der Waals surface area contributed by atoms with Crippen molar-refractivity contribution in [2.75, 3.05) is 17.7 Å². The van der Waals surface area contributed by atoms with Crippen LogP contribution in [0.3, 0.4) is 0 Å². The molecule has 0 amide bonds. The zero-order valence-corrected chi connectivity index (χ0v) is 29.3. The Hall–Kier alpha value is -3.99. The summed E-state index contributed by atoms with van der Waals surface area (Å²) in [5.41, 5.74) is 13.4. The number of quaternary nitrogens is 1. The molecule has 45 heavy (non-hydrogen) atoms. The molecule has 1 heterocycles. The molecule has 6 aromatic carbocycles. The molecule has 7 rings (SSSR count). The Morgan fingerprint density at radius 1 is 0.556 bits per heavy atom. The second kappa shape index (κ2) is 13.2. The molecule has 0 aromatic heterocycles. The molecule has 4 nitrogen and oxygen atoms in total. The van der Waals surface area contributed by atoms with Crippen LogP contribution in [-0.2, 0) is 0 Å². The van der Waals surface area contributed by atoms with E-state index in [1.54, 1.807) is 0 Å². The highest BCUT2D eigenvalue weighted by molar-refractivity contribution is 14.2. The van der Waals surface area contributed by atoms with Gasteiger partial charge in [-0.2, -0.15) is 0 Å². The SMILES string of the molecule is C=IN(c1ccccc1)c1ccc2c(c1)-c1cc(N(I)c3ccccc3)ccc1[NH+]2c1ccc(N(CC)c2ccccc2)cc1. The Labute approximate surface area is 289 Å². The zero-order valence-electron chi connectivity index (χ0n) is 24.9. The van der Waals surface area contributed by atoms with E-state index >= 15 is 0 Å². The van der Waals surface area contributed by atoms with Crippen molar-refractivity contribution >= 4 is 99.6 Å². The first-order valence-corrected chi connectivity index (χ1v) is 18.5. The number of benzene rings is 6. The topological polar surface area (TPSA) is 14.2 Å². The fraction of sp³-hybridized carbons (Fsp3) is 0.0513. The van der Waals surface area contributed by atoms with Crippen molar-refractivity contribution in [2.45, 2.75) is 6.92 Å². The van der Waals surface area contributed by atoms with Crippen LogP contribution in [0, 0.1) is 0 Å². The summed E-state index contributed by atoms with van der Waals surface area (Å²) in [7, 11) is 0. The van der Waals surface area contributed by atoms with Gasteiger partial charge in [-0.25, -0.2) is 4.90 Å². The first kappa shape index (κ1) is 29.7. The Bertz CT molecular complexity index is 1930. The van der Waals surface area contributed by atoms with Crippen LogP contribution in [-0.4, -0.2) is 11.1 Å². The van der Waals surface area contributed by atoms with Crippen molar-refractivity contribution in [3.05, 3.63) is 152 Å². The maximum Gasteiger partial charge on any atom is 0.149 e. The lowest BCUT2D eigenvalue weighted by Crippen LogP contribution is -2.95. The predicted molar refractivity (Wildman–Crippen MR) is 210 cm³/mol. The number of hydrogen-bond donors (Lipinski definition) is 1. The van der Waals surface area contributed by atoms with Gasteiger partial charge in [-0.05, 0) is 105 Å². The van der Waals surface area contributed by atoms with Crippen molar-refractivity contribution in [1.29, 1.82) is 0 Å². The monoisotopic (exact) mass is 811 g/mol. The number of hydrogen-bond acceptors (Lipinski definition) is 3. The van der Waals surface area contributed by atoms with Gasteiger partial charge in [0.1, 0.15) is 17.1 Å². The van der Waals surface area contributed by atoms with E-state index in [4.69, 9.17) is 0 Å². The second-order valence-electron chi connectivity index (χ2n) is 10.8. The summed E-state index contributed by atoms with van der Waals surface area (Å²) in [6.45, 7) is 3.10. The van der Waals surface area contributed by atoms with E-state index in [0.717, 1.165) is 17.9 Å². The van der Waals surface area contributed by atoms with Crippen molar-refractivity contribution in [2.24, 2.45) is 0 Å². The molecule has 1 atom stereocenters. The van der Waals surface area contributed by atoms with Crippen molar-refractivity contribution in [3.8, 4) is 11.1 Å². The maximum atomic E-state index is 4.38. The highest BCUT2D eigenvalue weighted by atomic mass is 127. The molecule has 0 fully saturated rings. The standard InChI is InChI=1S/C39H32I2N4/c1-3-42(29-13-7-4-8-14-29)30-19-21-31(22-20-30)43-38-25-23-34(44(40)32-15-9-5-10-16-32)27-36(38)37-28-35(24-26-39(37)43)45(41-2)33-17-11-6-12-18-33/h4-28H,2-3H2,1H3/p+1. The molecule has 0 aliphatic carbocycles. The molecule has 6 heteroatoms. The summed E-state index contributed by atoms with van der Waals surface area (Å²) in [5.74, 6) is 0. The molecule has 0 bridgehead atoms. The third-order valence-electron chi connectivity index (χ3n) is 8.23. The van der Waals surface area contributed by atoms with Gasteiger partial charge in [-0.1, -0.05) is 54.6 Å². The minimum atomic E-state index is -0.464. The van der Waals surface area contributed by atoms with Crippen LogP contribution in [0.2, 0.25) is 0 Å². The van der Waals surface area contributed by atoms with Crippen molar-refractivity contribution < 1.29 is 4.90 Å². The fourth-order valence-corrected chi connectivity index (χ4v) is 8.16. The van der Waals surface area contributed by atoms with Crippen LogP contribution in [0.1, 0.15) is 6.92 Å². The molecule has 0 saturated carbocycles. The second-order valence-corrected chi connectivity index (χ2v) is 13.4. The fourth-order valence-electron chi connectivity index (χ4n) is 6.13. The molecule has 222 valence electrons. The first-order valence-electron chi connectivity index (χ1n) is 15.0. The van der Waals surface area contributed by atoms with Gasteiger partial charge in [0.2, 0.25) is 0 Å². The van der Waals surface area contributed by atoms with E-state index in [2.05, 4.69) is 197 Å². The van der Waals surface area contributed by atoms with E-state index in [1.807, 2.05) is 0 Å². The number of halogens is 2. The number of anilines is 6. The molecule has 1 aliphatic heterocycles. The van der Waals surface area contributed by atoms with Gasteiger partial charge in [0.25, 0.3) is 0 Å². The van der Waals surface area contributed by atoms with Crippen LogP contribution < -0.4 is 16.0 Å². The summed E-state index contributed by atoms with van der Waals surface area (Å²) < 4.78 is 8.99. The van der Waals surface area contributed by atoms with Crippen LogP contribution in [0.25, 0.3) is 11.1 Å². The Kier molecular flexibility index (Phi) is 8.69. The van der Waals surface area contributed by atoms with E-state index in [9.17, 15) is 0 Å². The summed E-state index contributed by atoms with van der Waals surface area (Å²) in [4.78, 5) is 3.63. The normalized spacial score (nSPS) is 13.2. The molecular formula is C39H33I2N4+. The van der Waals surface area contributed by atoms with Crippen LogP contribution in [0.4, 0.5) is 51.2 Å². The van der Waals surface area contributed by atoms with Gasteiger partial charge in [-0.3, -0.25) is 6.23 Å². The third kappa shape index (κ3) is 5.78. The molecule has 0 radical (unpaired) electrons. The number of fused-ring (bicyclic) bond motifs is 3. The minimum absolute atomic E-state index is 0.464. The molecule has 0 saturated heterocycles. The molecule has 1 N–H and O–H groups in total. The van der Waals surface area contributed by atoms with Gasteiger partial charge in [-0.15, -0.1) is 0 Å². The third-order valence-corrected chi connectivity index (χ3v) is 11.1. The lowest BCUT2D eigenvalue weighted by Gasteiger charge is -2.24. The first-order chi connectivity index (χ1) is 22.2. The van der Waals surface area contributed by atoms with E-state index < -0.39 is 21.0 Å². The minimum Gasteiger partial charge on any atom is -0.342 e. The Balaban J connectivity index is 1.32. The molecule has 1 aliphatic rings. The Morgan fingerprint density at radius 3 is 1.58 bits per heavy atom. The number of nitrogens with one attached hydrogen (secondary N) is 1. The summed E-state index contributed by atoms with van der Waals surface area (Å²) >= 11 is 1.95. The number of rotatable bonds is 9. The van der Waals surface area contributed by atoms with Crippen LogP contribution in [0.15, 0.2) is 152 Å². The quantitative estimate of drug-likeness (QED) is 0.115. The van der Waals surface area contributed by atoms with E-state index in [1.165, 1.54) is 55.8 Å². The van der Waals surface area contributed by atoms with Crippen molar-refractivity contribution in [3.63, 3.8) is 0 Å². The number of nitrogens with zero attached hydrogens (tertiary/aromatic N) is 3. The summed E-state index contributed by atoms with van der Waals surface area (Å²) in [6.07, 6.45) is 0. The van der Waals surface area contributed by atoms with Gasteiger partial charge in [0.05, 0.1) is 56.7 Å². The average molecular weight is 812 g/mol. The molecular weight excluding hydrogens is 778 g/mol. The van der Waals surface area contributed by atoms with E-state index in [-0.39, 0.29) is 0 Å². The molecule has 6 aromatic rings. The van der Waals surface area contributed by atoms with Crippen molar-refractivity contribution in [1.82, 2.24) is 0 Å². The average Bonchev–Trinajstić information content (AvgIpc) is 3.43. The highest BCUT2D eigenvalue weighted by Crippen LogP contribution is 2.45. The van der Waals surface area contributed by atoms with Gasteiger partial charge in [0.15, 0.2) is 0 Å². The number of para-hydroxylation sites is 3. The lowest BCUT2D eigenvalue weighted by atomic mass is 10.0. The molecule has 0 spiro atoms. The molecule has 1 unspecified atom stereocenters. The van der Waals surface area contributed by atoms with E-state index in [0.29, 0.717) is 0 Å². The predicted octanol–water partition coefficient (Wildman–Crippen LogP) is 10.9. The summed E-state index contributed by atoms with van der Waals surface area (Å²) in [6, 6.07) is 54.6. The zero-order chi connectivity index (χ0) is 30.8.